The minimum atomic E-state index is -4.52. The smallest absolute Gasteiger partial charge is 0.391 e. The molecule has 2 rings (SSSR count). The average molecular weight is 318 g/mol. The highest BCUT2D eigenvalue weighted by molar-refractivity contribution is 5.46. The standard InChI is InChI=1S/C14H21F3N4O/c1-9(2)3-5-18-13-19-11(14(15,16)17)7-12(20-13)21-6-4-10(22)8-21/h7,9-10,22H,3-6,8H2,1-2H3,(H,18,19,20). The van der Waals surface area contributed by atoms with Gasteiger partial charge in [0.15, 0.2) is 5.69 Å². The van der Waals surface area contributed by atoms with Crippen molar-refractivity contribution >= 4 is 11.8 Å². The lowest BCUT2D eigenvalue weighted by Crippen LogP contribution is -2.24. The Balaban J connectivity index is 2.21. The predicted molar refractivity (Wildman–Crippen MR) is 77.8 cm³/mol. The van der Waals surface area contributed by atoms with E-state index in [-0.39, 0.29) is 11.8 Å². The van der Waals surface area contributed by atoms with E-state index in [1.807, 2.05) is 13.8 Å². The number of nitrogens with one attached hydrogen (secondary N) is 1. The maximum atomic E-state index is 13.0. The fraction of sp³-hybridized carbons (Fsp3) is 0.714. The van der Waals surface area contributed by atoms with Crippen LogP contribution in [0, 0.1) is 5.92 Å². The molecule has 8 heteroatoms. The van der Waals surface area contributed by atoms with E-state index in [4.69, 9.17) is 0 Å². The van der Waals surface area contributed by atoms with Gasteiger partial charge in [0.1, 0.15) is 5.82 Å². The van der Waals surface area contributed by atoms with Crippen LogP contribution in [0.15, 0.2) is 6.07 Å². The topological polar surface area (TPSA) is 61.3 Å². The van der Waals surface area contributed by atoms with Gasteiger partial charge in [0.05, 0.1) is 6.10 Å². The molecule has 0 radical (unpaired) electrons. The molecule has 1 aromatic heterocycles. The van der Waals surface area contributed by atoms with E-state index in [0.717, 1.165) is 12.5 Å². The molecule has 1 aliphatic rings. The van der Waals surface area contributed by atoms with Crippen LogP contribution in [0.5, 0.6) is 0 Å². The summed E-state index contributed by atoms with van der Waals surface area (Å²) in [6.45, 7) is 5.36. The highest BCUT2D eigenvalue weighted by atomic mass is 19.4. The van der Waals surface area contributed by atoms with E-state index in [0.29, 0.717) is 32.0 Å². The van der Waals surface area contributed by atoms with Crippen LogP contribution in [0.4, 0.5) is 24.9 Å². The van der Waals surface area contributed by atoms with Crippen molar-refractivity contribution in [3.8, 4) is 0 Å². The number of β-amino-alcohol motifs (C(OH)–C–C–N with tert-alkyl or cyclic N) is 1. The van der Waals surface area contributed by atoms with E-state index in [9.17, 15) is 18.3 Å². The number of anilines is 2. The van der Waals surface area contributed by atoms with Crippen molar-refractivity contribution in [2.75, 3.05) is 29.9 Å². The molecule has 0 aromatic carbocycles. The van der Waals surface area contributed by atoms with Gasteiger partial charge in [0.25, 0.3) is 0 Å². The van der Waals surface area contributed by atoms with Gasteiger partial charge in [-0.2, -0.15) is 18.2 Å². The summed E-state index contributed by atoms with van der Waals surface area (Å²) in [6, 6.07) is 0.936. The van der Waals surface area contributed by atoms with Crippen LogP contribution in [0.3, 0.4) is 0 Å². The van der Waals surface area contributed by atoms with Gasteiger partial charge in [-0.3, -0.25) is 0 Å². The number of alkyl halides is 3. The molecule has 124 valence electrons. The van der Waals surface area contributed by atoms with Crippen molar-refractivity contribution in [3.05, 3.63) is 11.8 Å². The van der Waals surface area contributed by atoms with E-state index >= 15 is 0 Å². The molecule has 22 heavy (non-hydrogen) atoms. The van der Waals surface area contributed by atoms with Crippen molar-refractivity contribution < 1.29 is 18.3 Å². The lowest BCUT2D eigenvalue weighted by Gasteiger charge is -2.19. The average Bonchev–Trinajstić information content (AvgIpc) is 2.84. The minimum Gasteiger partial charge on any atom is -0.391 e. The van der Waals surface area contributed by atoms with Crippen LogP contribution in [0.2, 0.25) is 0 Å². The molecule has 1 aliphatic heterocycles. The fourth-order valence-corrected chi connectivity index (χ4v) is 2.24. The van der Waals surface area contributed by atoms with Gasteiger partial charge >= 0.3 is 6.18 Å². The van der Waals surface area contributed by atoms with Crippen LogP contribution in [-0.2, 0) is 6.18 Å². The quantitative estimate of drug-likeness (QED) is 0.873. The molecule has 1 aromatic rings. The van der Waals surface area contributed by atoms with Crippen LogP contribution in [0.1, 0.15) is 32.4 Å². The molecule has 0 bridgehead atoms. The number of aromatic nitrogens is 2. The number of rotatable bonds is 5. The lowest BCUT2D eigenvalue weighted by atomic mass is 10.1. The van der Waals surface area contributed by atoms with E-state index in [1.165, 1.54) is 0 Å². The zero-order valence-electron chi connectivity index (χ0n) is 12.7. The molecular weight excluding hydrogens is 297 g/mol. The molecule has 2 heterocycles. The Bertz CT molecular complexity index is 507. The Kier molecular flexibility index (Phi) is 5.10. The highest BCUT2D eigenvalue weighted by Crippen LogP contribution is 2.31. The van der Waals surface area contributed by atoms with Crippen molar-refractivity contribution in [2.24, 2.45) is 5.92 Å². The van der Waals surface area contributed by atoms with Gasteiger partial charge in [-0.15, -0.1) is 0 Å². The van der Waals surface area contributed by atoms with Crippen molar-refractivity contribution in [1.29, 1.82) is 0 Å². The fourth-order valence-electron chi connectivity index (χ4n) is 2.24. The van der Waals surface area contributed by atoms with Crippen LogP contribution >= 0.6 is 0 Å². The summed E-state index contributed by atoms with van der Waals surface area (Å²) in [5.41, 5.74) is -0.967. The predicted octanol–water partition coefficient (Wildman–Crippen LogP) is 2.52. The molecule has 1 fully saturated rings. The molecule has 2 N–H and O–H groups in total. The van der Waals surface area contributed by atoms with E-state index < -0.39 is 18.0 Å². The first-order valence-electron chi connectivity index (χ1n) is 7.39. The SMILES string of the molecule is CC(C)CCNc1nc(N2CCC(O)C2)cc(C(F)(F)F)n1. The third kappa shape index (κ3) is 4.46. The molecule has 1 atom stereocenters. The molecule has 0 spiro atoms. The molecule has 0 saturated carbocycles. The van der Waals surface area contributed by atoms with Crippen LogP contribution in [-0.4, -0.2) is 40.8 Å². The second-order valence-corrected chi connectivity index (χ2v) is 5.93. The van der Waals surface area contributed by atoms with Crippen molar-refractivity contribution in [2.45, 2.75) is 39.0 Å². The summed E-state index contributed by atoms with van der Waals surface area (Å²) in [5.74, 6) is 0.615. The number of aliphatic hydroxyl groups is 1. The maximum absolute atomic E-state index is 13.0. The van der Waals surface area contributed by atoms with Crippen LogP contribution in [0.25, 0.3) is 0 Å². The zero-order chi connectivity index (χ0) is 16.3. The minimum absolute atomic E-state index is 0.0214. The van der Waals surface area contributed by atoms with Gasteiger partial charge in [0, 0.05) is 25.7 Å². The normalized spacial score (nSPS) is 19.0. The first-order chi connectivity index (χ1) is 10.3. The summed E-state index contributed by atoms with van der Waals surface area (Å²) in [4.78, 5) is 9.36. The first kappa shape index (κ1) is 16.8. The van der Waals surface area contributed by atoms with E-state index in [1.54, 1.807) is 4.90 Å². The number of hydrogen-bond donors (Lipinski definition) is 2. The molecule has 0 amide bonds. The summed E-state index contributed by atoms with van der Waals surface area (Å²) in [7, 11) is 0. The molecule has 1 saturated heterocycles. The summed E-state index contributed by atoms with van der Waals surface area (Å²) < 4.78 is 38.9. The Morgan fingerprint density at radius 3 is 2.68 bits per heavy atom. The number of hydrogen-bond acceptors (Lipinski definition) is 5. The largest absolute Gasteiger partial charge is 0.433 e. The summed E-state index contributed by atoms with van der Waals surface area (Å²) in [5, 5.41) is 12.4. The Morgan fingerprint density at radius 1 is 1.41 bits per heavy atom. The molecule has 1 unspecified atom stereocenters. The second kappa shape index (κ2) is 6.68. The Hall–Kier alpha value is -1.57. The maximum Gasteiger partial charge on any atom is 0.433 e. The molecule has 5 nitrogen and oxygen atoms in total. The summed E-state index contributed by atoms with van der Waals surface area (Å²) >= 11 is 0. The third-order valence-electron chi connectivity index (χ3n) is 3.50. The van der Waals surface area contributed by atoms with Gasteiger partial charge in [-0.25, -0.2) is 4.98 Å². The highest BCUT2D eigenvalue weighted by Gasteiger charge is 2.35. The van der Waals surface area contributed by atoms with Gasteiger partial charge in [-0.05, 0) is 18.8 Å². The van der Waals surface area contributed by atoms with Gasteiger partial charge in [0.2, 0.25) is 5.95 Å². The zero-order valence-corrected chi connectivity index (χ0v) is 12.7. The molecule has 0 aliphatic carbocycles. The van der Waals surface area contributed by atoms with Gasteiger partial charge < -0.3 is 15.3 Å². The first-order valence-corrected chi connectivity index (χ1v) is 7.39. The van der Waals surface area contributed by atoms with E-state index in [2.05, 4.69) is 15.3 Å². The third-order valence-corrected chi connectivity index (χ3v) is 3.50. The van der Waals surface area contributed by atoms with Gasteiger partial charge in [-0.1, -0.05) is 13.8 Å². The Morgan fingerprint density at radius 2 is 2.14 bits per heavy atom. The summed E-state index contributed by atoms with van der Waals surface area (Å²) in [6.07, 6.45) is -3.70. The number of aliphatic hydroxyl groups excluding tert-OH is 1. The molecular formula is C14H21F3N4O. The van der Waals surface area contributed by atoms with Crippen molar-refractivity contribution in [1.82, 2.24) is 9.97 Å². The number of halogens is 3. The Labute approximate surface area is 127 Å². The van der Waals surface area contributed by atoms with Crippen LogP contribution < -0.4 is 10.2 Å². The van der Waals surface area contributed by atoms with Crippen molar-refractivity contribution in [3.63, 3.8) is 0 Å². The second-order valence-electron chi connectivity index (χ2n) is 5.93. The monoisotopic (exact) mass is 318 g/mol. The lowest BCUT2D eigenvalue weighted by molar-refractivity contribution is -0.141. The number of nitrogens with zero attached hydrogens (tertiary/aromatic N) is 3.